The summed E-state index contributed by atoms with van der Waals surface area (Å²) >= 11 is 0. The van der Waals surface area contributed by atoms with Crippen LogP contribution in [-0.4, -0.2) is 22.4 Å². The first-order chi connectivity index (χ1) is 6.14. The van der Waals surface area contributed by atoms with Crippen molar-refractivity contribution < 1.29 is 10.2 Å². The maximum Gasteiger partial charge on any atom is 0.0725 e. The smallest absolute Gasteiger partial charge is 0.0725 e. The van der Waals surface area contributed by atoms with E-state index in [0.29, 0.717) is 0 Å². The summed E-state index contributed by atoms with van der Waals surface area (Å²) in [4.78, 5) is 0. The van der Waals surface area contributed by atoms with Gasteiger partial charge in [-0.1, -0.05) is 26.7 Å². The minimum atomic E-state index is -0.592. The Morgan fingerprint density at radius 1 is 1.15 bits per heavy atom. The molecule has 0 aromatic rings. The van der Waals surface area contributed by atoms with E-state index in [4.69, 9.17) is 0 Å². The van der Waals surface area contributed by atoms with Crippen molar-refractivity contribution in [3.63, 3.8) is 0 Å². The summed E-state index contributed by atoms with van der Waals surface area (Å²) in [7, 11) is 0. The molecule has 0 atom stereocenters. The van der Waals surface area contributed by atoms with Crippen LogP contribution in [0.25, 0.3) is 0 Å². The summed E-state index contributed by atoms with van der Waals surface area (Å²) in [5, 5.41) is 19.9. The fourth-order valence-corrected chi connectivity index (χ4v) is 2.77. The highest BCUT2D eigenvalue weighted by atomic mass is 16.3. The van der Waals surface area contributed by atoms with Gasteiger partial charge in [-0.2, -0.15) is 0 Å². The first-order valence-corrected chi connectivity index (χ1v) is 5.47. The SMILES string of the molecule is CCC(CC)(CO)C1(O)CCCC1. The molecule has 13 heavy (non-hydrogen) atoms. The van der Waals surface area contributed by atoms with Gasteiger partial charge in [0.2, 0.25) is 0 Å². The lowest BCUT2D eigenvalue weighted by molar-refractivity contribution is -0.110. The van der Waals surface area contributed by atoms with E-state index < -0.39 is 5.60 Å². The molecule has 1 aliphatic rings. The Bertz CT molecular complexity index is 147. The van der Waals surface area contributed by atoms with Crippen LogP contribution in [0.5, 0.6) is 0 Å². The maximum atomic E-state index is 10.4. The van der Waals surface area contributed by atoms with Gasteiger partial charge >= 0.3 is 0 Å². The van der Waals surface area contributed by atoms with Crippen molar-refractivity contribution in [1.29, 1.82) is 0 Å². The molecule has 0 aliphatic heterocycles. The molecule has 2 heteroatoms. The quantitative estimate of drug-likeness (QED) is 0.705. The topological polar surface area (TPSA) is 40.5 Å². The number of rotatable bonds is 4. The van der Waals surface area contributed by atoms with E-state index in [0.717, 1.165) is 38.5 Å². The molecule has 78 valence electrons. The molecule has 0 amide bonds. The first-order valence-electron chi connectivity index (χ1n) is 5.47. The Labute approximate surface area is 81.0 Å². The Hall–Kier alpha value is -0.0800. The van der Waals surface area contributed by atoms with Crippen molar-refractivity contribution in [2.75, 3.05) is 6.61 Å². The van der Waals surface area contributed by atoms with Gasteiger partial charge in [-0.05, 0) is 25.7 Å². The molecule has 0 unspecified atom stereocenters. The molecule has 0 heterocycles. The van der Waals surface area contributed by atoms with Crippen molar-refractivity contribution >= 4 is 0 Å². The lowest BCUT2D eigenvalue weighted by atomic mass is 9.67. The van der Waals surface area contributed by atoms with Gasteiger partial charge in [-0.25, -0.2) is 0 Å². The predicted molar refractivity (Wildman–Crippen MR) is 53.5 cm³/mol. The van der Waals surface area contributed by atoms with E-state index in [1.807, 2.05) is 0 Å². The largest absolute Gasteiger partial charge is 0.396 e. The average Bonchev–Trinajstić information content (AvgIpc) is 2.57. The van der Waals surface area contributed by atoms with Crippen LogP contribution in [0.1, 0.15) is 52.4 Å². The molecule has 1 rings (SSSR count). The Morgan fingerprint density at radius 2 is 1.62 bits per heavy atom. The Kier molecular flexibility index (Phi) is 3.36. The van der Waals surface area contributed by atoms with Gasteiger partial charge in [0.1, 0.15) is 0 Å². The van der Waals surface area contributed by atoms with Crippen LogP contribution in [0.3, 0.4) is 0 Å². The monoisotopic (exact) mass is 186 g/mol. The van der Waals surface area contributed by atoms with Crippen LogP contribution in [0.15, 0.2) is 0 Å². The van der Waals surface area contributed by atoms with Crippen molar-refractivity contribution in [2.24, 2.45) is 5.41 Å². The number of hydrogen-bond donors (Lipinski definition) is 2. The fourth-order valence-electron chi connectivity index (χ4n) is 2.77. The molecule has 0 aromatic heterocycles. The summed E-state index contributed by atoms with van der Waals surface area (Å²) < 4.78 is 0. The summed E-state index contributed by atoms with van der Waals surface area (Å²) in [6.07, 6.45) is 5.70. The van der Waals surface area contributed by atoms with Gasteiger partial charge in [0, 0.05) is 5.41 Å². The highest BCUT2D eigenvalue weighted by Gasteiger charge is 2.48. The van der Waals surface area contributed by atoms with E-state index in [2.05, 4.69) is 13.8 Å². The molecular formula is C11H22O2. The molecular weight excluding hydrogens is 164 g/mol. The van der Waals surface area contributed by atoms with Gasteiger partial charge in [-0.15, -0.1) is 0 Å². The molecule has 1 saturated carbocycles. The van der Waals surface area contributed by atoms with E-state index >= 15 is 0 Å². The molecule has 0 aromatic carbocycles. The maximum absolute atomic E-state index is 10.4. The molecule has 0 radical (unpaired) electrons. The zero-order valence-electron chi connectivity index (χ0n) is 8.84. The van der Waals surface area contributed by atoms with Crippen LogP contribution in [0.4, 0.5) is 0 Å². The van der Waals surface area contributed by atoms with Gasteiger partial charge < -0.3 is 10.2 Å². The zero-order chi connectivity index (χ0) is 9.95. The summed E-state index contributed by atoms with van der Waals surface area (Å²) in [6, 6.07) is 0. The first kappa shape index (κ1) is 11.0. The third-order valence-electron chi connectivity index (χ3n) is 4.07. The van der Waals surface area contributed by atoms with E-state index in [-0.39, 0.29) is 12.0 Å². The van der Waals surface area contributed by atoms with Gasteiger partial charge in [0.25, 0.3) is 0 Å². The highest BCUT2D eigenvalue weighted by molar-refractivity contribution is 4.99. The molecule has 2 nitrogen and oxygen atoms in total. The third kappa shape index (κ3) is 1.62. The number of hydrogen-bond acceptors (Lipinski definition) is 2. The van der Waals surface area contributed by atoms with Gasteiger partial charge in [0.05, 0.1) is 12.2 Å². The third-order valence-corrected chi connectivity index (χ3v) is 4.07. The zero-order valence-corrected chi connectivity index (χ0v) is 8.84. The highest BCUT2D eigenvalue weighted by Crippen LogP contribution is 2.47. The molecule has 2 N–H and O–H groups in total. The predicted octanol–water partition coefficient (Wildman–Crippen LogP) is 2.09. The molecule has 0 bridgehead atoms. The standard InChI is InChI=1S/C11H22O2/c1-3-10(4-2,9-12)11(13)7-5-6-8-11/h12-13H,3-9H2,1-2H3. The summed E-state index contributed by atoms with van der Waals surface area (Å²) in [6.45, 7) is 4.25. The van der Waals surface area contributed by atoms with Crippen LogP contribution in [0.2, 0.25) is 0 Å². The second-order valence-corrected chi connectivity index (χ2v) is 4.38. The van der Waals surface area contributed by atoms with Crippen molar-refractivity contribution in [3.8, 4) is 0 Å². The average molecular weight is 186 g/mol. The number of aliphatic hydroxyl groups is 2. The van der Waals surface area contributed by atoms with Crippen molar-refractivity contribution in [3.05, 3.63) is 0 Å². The molecule has 0 saturated heterocycles. The minimum Gasteiger partial charge on any atom is -0.396 e. The Balaban J connectivity index is 2.84. The second-order valence-electron chi connectivity index (χ2n) is 4.38. The van der Waals surface area contributed by atoms with Crippen LogP contribution in [0, 0.1) is 5.41 Å². The molecule has 1 aliphatic carbocycles. The molecule has 1 fully saturated rings. The van der Waals surface area contributed by atoms with E-state index in [9.17, 15) is 10.2 Å². The van der Waals surface area contributed by atoms with Crippen LogP contribution < -0.4 is 0 Å². The van der Waals surface area contributed by atoms with Crippen molar-refractivity contribution in [1.82, 2.24) is 0 Å². The van der Waals surface area contributed by atoms with Gasteiger partial charge in [-0.3, -0.25) is 0 Å². The lowest BCUT2D eigenvalue weighted by Gasteiger charge is -2.43. The number of aliphatic hydroxyl groups excluding tert-OH is 1. The van der Waals surface area contributed by atoms with E-state index in [1.54, 1.807) is 0 Å². The fraction of sp³-hybridized carbons (Fsp3) is 1.00. The lowest BCUT2D eigenvalue weighted by Crippen LogP contribution is -2.48. The van der Waals surface area contributed by atoms with Gasteiger partial charge in [0.15, 0.2) is 0 Å². The summed E-state index contributed by atoms with van der Waals surface area (Å²) in [5.41, 5.74) is -0.839. The molecule has 0 spiro atoms. The minimum absolute atomic E-state index is 0.122. The van der Waals surface area contributed by atoms with Crippen molar-refractivity contribution in [2.45, 2.75) is 58.0 Å². The Morgan fingerprint density at radius 3 is 1.92 bits per heavy atom. The normalized spacial score (nSPS) is 22.2. The summed E-state index contributed by atoms with van der Waals surface area (Å²) in [5.74, 6) is 0. The van der Waals surface area contributed by atoms with Crippen LogP contribution in [-0.2, 0) is 0 Å². The second kappa shape index (κ2) is 3.97. The van der Waals surface area contributed by atoms with Crippen LogP contribution >= 0.6 is 0 Å². The van der Waals surface area contributed by atoms with E-state index in [1.165, 1.54) is 0 Å².